The molecule has 0 aliphatic heterocycles. The molecule has 0 heterocycles. The predicted octanol–water partition coefficient (Wildman–Crippen LogP) is 1.22. The van der Waals surface area contributed by atoms with E-state index in [0.717, 1.165) is 6.54 Å². The minimum Gasteiger partial charge on any atom is -0.339 e. The van der Waals surface area contributed by atoms with Crippen molar-refractivity contribution in [2.24, 2.45) is 5.92 Å². The fourth-order valence-electron chi connectivity index (χ4n) is 1.93. The number of Topliss-reactive ketones (excluding diaryl/α,β-unsaturated/α-hetero) is 1. The number of nitrogens with zero attached hydrogens (tertiary/aromatic N) is 1. The van der Waals surface area contributed by atoms with Crippen LogP contribution >= 0.6 is 0 Å². The molecule has 1 amide bonds. The molecule has 74 valence electrons. The van der Waals surface area contributed by atoms with Crippen LogP contribution in [0.1, 0.15) is 32.6 Å². The van der Waals surface area contributed by atoms with E-state index in [1.165, 1.54) is 32.6 Å². The van der Waals surface area contributed by atoms with Crippen molar-refractivity contribution in [2.75, 3.05) is 13.6 Å². The second kappa shape index (κ2) is 4.40. The third-order valence-electron chi connectivity index (χ3n) is 2.65. The van der Waals surface area contributed by atoms with Gasteiger partial charge in [0.15, 0.2) is 0 Å². The number of hydrogen-bond acceptors (Lipinski definition) is 2. The normalized spacial score (nSPS) is 17.4. The van der Waals surface area contributed by atoms with E-state index in [4.69, 9.17) is 0 Å². The fraction of sp³-hybridized carbons (Fsp3) is 0.800. The van der Waals surface area contributed by atoms with Gasteiger partial charge in [-0.05, 0) is 18.8 Å². The molecule has 1 rings (SSSR count). The molecule has 3 nitrogen and oxygen atoms in total. The summed E-state index contributed by atoms with van der Waals surface area (Å²) < 4.78 is 0. The Hall–Kier alpha value is -0.860. The zero-order chi connectivity index (χ0) is 9.84. The summed E-state index contributed by atoms with van der Waals surface area (Å²) in [4.78, 5) is 23.5. The van der Waals surface area contributed by atoms with Gasteiger partial charge in [0, 0.05) is 20.5 Å². The fourth-order valence-corrected chi connectivity index (χ4v) is 1.93. The van der Waals surface area contributed by atoms with E-state index >= 15 is 0 Å². The van der Waals surface area contributed by atoms with Crippen molar-refractivity contribution in [2.45, 2.75) is 32.6 Å². The lowest BCUT2D eigenvalue weighted by molar-refractivity contribution is -0.143. The summed E-state index contributed by atoms with van der Waals surface area (Å²) in [5.41, 5.74) is 0. The highest BCUT2D eigenvalue weighted by Crippen LogP contribution is 2.25. The van der Waals surface area contributed by atoms with Gasteiger partial charge in [-0.1, -0.05) is 12.8 Å². The maximum atomic E-state index is 11.2. The number of carbonyl (C=O) groups excluding carboxylic acids is 2. The van der Waals surface area contributed by atoms with Crippen molar-refractivity contribution in [1.29, 1.82) is 0 Å². The Labute approximate surface area is 79.1 Å². The molecule has 0 saturated heterocycles. The summed E-state index contributed by atoms with van der Waals surface area (Å²) in [6.07, 6.45) is 4.95. The first kappa shape index (κ1) is 10.2. The molecule has 0 aromatic carbocycles. The predicted molar refractivity (Wildman–Crippen MR) is 50.3 cm³/mol. The Bertz CT molecular complexity index is 207. The SMILES string of the molecule is CC(=O)C(=O)N(C)CC1CCCC1. The third-order valence-corrected chi connectivity index (χ3v) is 2.65. The molecular weight excluding hydrogens is 166 g/mol. The molecule has 13 heavy (non-hydrogen) atoms. The molecule has 0 spiro atoms. The molecule has 0 aromatic heterocycles. The average molecular weight is 183 g/mol. The second-order valence-corrected chi connectivity index (χ2v) is 3.89. The van der Waals surface area contributed by atoms with E-state index in [1.807, 2.05) is 0 Å². The van der Waals surface area contributed by atoms with Crippen molar-refractivity contribution < 1.29 is 9.59 Å². The Morgan fingerprint density at radius 3 is 2.31 bits per heavy atom. The molecule has 3 heteroatoms. The lowest BCUT2D eigenvalue weighted by Crippen LogP contribution is -2.35. The monoisotopic (exact) mass is 183 g/mol. The summed E-state index contributed by atoms with van der Waals surface area (Å²) >= 11 is 0. The molecule has 1 fully saturated rings. The molecule has 1 aliphatic rings. The van der Waals surface area contributed by atoms with Crippen LogP contribution in [0.25, 0.3) is 0 Å². The quantitative estimate of drug-likeness (QED) is 0.617. The maximum Gasteiger partial charge on any atom is 0.289 e. The summed E-state index contributed by atoms with van der Waals surface area (Å²) in [5, 5.41) is 0. The highest BCUT2D eigenvalue weighted by atomic mass is 16.2. The van der Waals surface area contributed by atoms with E-state index in [9.17, 15) is 9.59 Å². The highest BCUT2D eigenvalue weighted by Gasteiger charge is 2.20. The average Bonchev–Trinajstić information content (AvgIpc) is 2.55. The van der Waals surface area contributed by atoms with Crippen LogP contribution in [-0.2, 0) is 9.59 Å². The summed E-state index contributed by atoms with van der Waals surface area (Å²) in [6, 6.07) is 0. The van der Waals surface area contributed by atoms with Gasteiger partial charge in [-0.15, -0.1) is 0 Å². The highest BCUT2D eigenvalue weighted by molar-refractivity contribution is 6.34. The van der Waals surface area contributed by atoms with E-state index in [2.05, 4.69) is 0 Å². The van der Waals surface area contributed by atoms with Gasteiger partial charge >= 0.3 is 0 Å². The molecule has 0 atom stereocenters. The van der Waals surface area contributed by atoms with Crippen molar-refractivity contribution in [3.63, 3.8) is 0 Å². The smallest absolute Gasteiger partial charge is 0.289 e. The molecular formula is C10H17NO2. The molecule has 0 unspecified atom stereocenters. The number of ketones is 1. The van der Waals surface area contributed by atoms with Gasteiger partial charge < -0.3 is 4.90 Å². The molecule has 0 radical (unpaired) electrons. The second-order valence-electron chi connectivity index (χ2n) is 3.89. The van der Waals surface area contributed by atoms with Gasteiger partial charge in [-0.25, -0.2) is 0 Å². The minimum absolute atomic E-state index is 0.355. The Balaban J connectivity index is 2.35. The van der Waals surface area contributed by atoms with Crippen molar-refractivity contribution in [1.82, 2.24) is 4.90 Å². The summed E-state index contributed by atoms with van der Waals surface area (Å²) in [6.45, 7) is 2.08. The zero-order valence-corrected chi connectivity index (χ0v) is 8.38. The van der Waals surface area contributed by atoms with Gasteiger partial charge in [-0.3, -0.25) is 9.59 Å². The van der Waals surface area contributed by atoms with Gasteiger partial charge in [0.1, 0.15) is 0 Å². The number of rotatable bonds is 3. The van der Waals surface area contributed by atoms with E-state index < -0.39 is 0 Å². The van der Waals surface area contributed by atoms with Crippen molar-refractivity contribution >= 4 is 11.7 Å². The van der Waals surface area contributed by atoms with Gasteiger partial charge in [0.25, 0.3) is 5.91 Å². The molecule has 0 bridgehead atoms. The minimum atomic E-state index is -0.361. The van der Waals surface area contributed by atoms with Gasteiger partial charge in [0.05, 0.1) is 0 Å². The Kier molecular flexibility index (Phi) is 3.46. The largest absolute Gasteiger partial charge is 0.339 e. The van der Waals surface area contributed by atoms with Crippen LogP contribution in [0.2, 0.25) is 0 Å². The van der Waals surface area contributed by atoms with E-state index in [0.29, 0.717) is 5.92 Å². The number of hydrogen-bond donors (Lipinski definition) is 0. The van der Waals surface area contributed by atoms with Crippen LogP contribution in [0.3, 0.4) is 0 Å². The Morgan fingerprint density at radius 2 is 1.85 bits per heavy atom. The summed E-state index contributed by atoms with van der Waals surface area (Å²) in [5.74, 6) is -0.0966. The van der Waals surface area contributed by atoms with Crippen LogP contribution in [0, 0.1) is 5.92 Å². The first-order valence-electron chi connectivity index (χ1n) is 4.87. The first-order valence-corrected chi connectivity index (χ1v) is 4.87. The first-order chi connectivity index (χ1) is 6.11. The van der Waals surface area contributed by atoms with Crippen molar-refractivity contribution in [3.8, 4) is 0 Å². The molecule has 1 saturated carbocycles. The molecule has 1 aliphatic carbocycles. The standard InChI is InChI=1S/C10H17NO2/c1-8(12)10(13)11(2)7-9-5-3-4-6-9/h9H,3-7H2,1-2H3. The molecule has 0 aromatic rings. The van der Waals surface area contributed by atoms with Gasteiger partial charge in [-0.2, -0.15) is 0 Å². The van der Waals surface area contributed by atoms with Gasteiger partial charge in [0.2, 0.25) is 5.78 Å². The zero-order valence-electron chi connectivity index (χ0n) is 8.38. The number of carbonyl (C=O) groups is 2. The topological polar surface area (TPSA) is 37.4 Å². The lowest BCUT2D eigenvalue weighted by atomic mass is 10.1. The van der Waals surface area contributed by atoms with Crippen LogP contribution < -0.4 is 0 Å². The van der Waals surface area contributed by atoms with E-state index in [1.54, 1.807) is 11.9 Å². The van der Waals surface area contributed by atoms with E-state index in [-0.39, 0.29) is 11.7 Å². The third kappa shape index (κ3) is 2.83. The van der Waals surface area contributed by atoms with Crippen LogP contribution in [0.4, 0.5) is 0 Å². The van der Waals surface area contributed by atoms with Crippen LogP contribution in [-0.4, -0.2) is 30.2 Å². The number of amides is 1. The summed E-state index contributed by atoms with van der Waals surface area (Å²) in [7, 11) is 1.71. The lowest BCUT2D eigenvalue weighted by Gasteiger charge is -2.19. The van der Waals surface area contributed by atoms with Crippen LogP contribution in [0.15, 0.2) is 0 Å². The number of likely N-dealkylation sites (N-methyl/N-ethyl adjacent to an activating group) is 1. The Morgan fingerprint density at radius 1 is 1.31 bits per heavy atom. The van der Waals surface area contributed by atoms with Crippen LogP contribution in [0.5, 0.6) is 0 Å². The molecule has 0 N–H and O–H groups in total. The van der Waals surface area contributed by atoms with Crippen molar-refractivity contribution in [3.05, 3.63) is 0 Å². The maximum absolute atomic E-state index is 11.2.